The number of amides is 1. The topological polar surface area (TPSA) is 66.9 Å². The maximum atomic E-state index is 12.9. The molecule has 2 aliphatic rings. The molecule has 148 valence electrons. The highest BCUT2D eigenvalue weighted by atomic mass is 35.5. The monoisotopic (exact) mass is 420 g/mol. The number of sulfonamides is 1. The molecule has 1 fully saturated rings. The van der Waals surface area contributed by atoms with E-state index >= 15 is 0 Å². The summed E-state index contributed by atoms with van der Waals surface area (Å²) in [6, 6.07) is 12.3. The predicted octanol–water partition coefficient (Wildman–Crippen LogP) is 3.96. The zero-order valence-electron chi connectivity index (χ0n) is 15.5. The number of benzene rings is 2. The van der Waals surface area contributed by atoms with Crippen LogP contribution in [0.2, 0.25) is 5.02 Å². The van der Waals surface area contributed by atoms with Crippen molar-refractivity contribution in [3.05, 3.63) is 58.6 Å². The average Bonchev–Trinajstić information content (AvgIpc) is 2.68. The molecule has 0 atom stereocenters. The van der Waals surface area contributed by atoms with E-state index in [0.717, 1.165) is 16.8 Å². The largest absolute Gasteiger partial charge is 0.444 e. The normalized spacial score (nSPS) is 18.6. The van der Waals surface area contributed by atoms with Crippen LogP contribution in [0.1, 0.15) is 24.0 Å². The number of hydrogen-bond donors (Lipinski definition) is 0. The van der Waals surface area contributed by atoms with E-state index in [1.54, 1.807) is 23.1 Å². The second-order valence-electron chi connectivity index (χ2n) is 7.12. The summed E-state index contributed by atoms with van der Waals surface area (Å²) in [6.07, 6.45) is 0.696. The summed E-state index contributed by atoms with van der Waals surface area (Å²) in [4.78, 5) is 14.2. The number of carbonyl (C=O) groups is 1. The Labute approximate surface area is 169 Å². The second-order valence-corrected chi connectivity index (χ2v) is 9.44. The van der Waals surface area contributed by atoms with Crippen molar-refractivity contribution in [3.63, 3.8) is 0 Å². The van der Waals surface area contributed by atoms with E-state index in [4.69, 9.17) is 16.3 Å². The number of hydrogen-bond acceptors (Lipinski definition) is 4. The SMILES string of the molecule is Cc1ccc2c(c1)COC(=O)N2C1CCN(S(=O)(=O)c2ccccc2Cl)CC1. The molecular formula is C20H21ClN2O4S. The fraction of sp³-hybridized carbons (Fsp3) is 0.350. The molecule has 0 saturated carbocycles. The molecule has 0 unspecified atom stereocenters. The Morgan fingerprint density at radius 3 is 2.54 bits per heavy atom. The lowest BCUT2D eigenvalue weighted by Crippen LogP contribution is -2.50. The number of ether oxygens (including phenoxy) is 1. The van der Waals surface area contributed by atoms with Crippen molar-refractivity contribution in [1.82, 2.24) is 4.31 Å². The van der Waals surface area contributed by atoms with Gasteiger partial charge in [-0.25, -0.2) is 13.2 Å². The van der Waals surface area contributed by atoms with Gasteiger partial charge in [0, 0.05) is 24.7 Å². The Hall–Kier alpha value is -2.09. The molecule has 6 nitrogen and oxygen atoms in total. The lowest BCUT2D eigenvalue weighted by atomic mass is 10.0. The third kappa shape index (κ3) is 3.38. The summed E-state index contributed by atoms with van der Waals surface area (Å²) in [5, 5.41) is 0.216. The molecular weight excluding hydrogens is 400 g/mol. The van der Waals surface area contributed by atoms with Crippen LogP contribution in [0.15, 0.2) is 47.4 Å². The van der Waals surface area contributed by atoms with Gasteiger partial charge in [0.1, 0.15) is 11.5 Å². The van der Waals surface area contributed by atoms with Crippen molar-refractivity contribution < 1.29 is 17.9 Å². The quantitative estimate of drug-likeness (QED) is 0.753. The first-order valence-corrected chi connectivity index (χ1v) is 11.0. The van der Waals surface area contributed by atoms with Crippen LogP contribution >= 0.6 is 11.6 Å². The van der Waals surface area contributed by atoms with Crippen LogP contribution < -0.4 is 4.90 Å². The van der Waals surface area contributed by atoms with Crippen LogP contribution in [-0.4, -0.2) is 37.9 Å². The Morgan fingerprint density at radius 1 is 1.11 bits per heavy atom. The number of anilines is 1. The van der Waals surface area contributed by atoms with Crippen molar-refractivity contribution in [2.45, 2.75) is 37.3 Å². The zero-order chi connectivity index (χ0) is 19.9. The summed E-state index contributed by atoms with van der Waals surface area (Å²) in [6.45, 7) is 2.91. The molecule has 1 amide bonds. The van der Waals surface area contributed by atoms with Crippen LogP contribution in [0.3, 0.4) is 0 Å². The molecule has 0 N–H and O–H groups in total. The van der Waals surface area contributed by atoms with Gasteiger partial charge < -0.3 is 4.74 Å². The predicted molar refractivity (Wildman–Crippen MR) is 107 cm³/mol. The Bertz CT molecular complexity index is 1020. The van der Waals surface area contributed by atoms with Crippen LogP contribution in [0.4, 0.5) is 10.5 Å². The van der Waals surface area contributed by atoms with Crippen LogP contribution in [0.25, 0.3) is 0 Å². The number of nitrogens with zero attached hydrogens (tertiary/aromatic N) is 2. The highest BCUT2D eigenvalue weighted by Gasteiger charge is 2.37. The van der Waals surface area contributed by atoms with E-state index in [-0.39, 0.29) is 28.7 Å². The number of piperidine rings is 1. The van der Waals surface area contributed by atoms with E-state index in [1.165, 1.54) is 10.4 Å². The number of fused-ring (bicyclic) bond motifs is 1. The van der Waals surface area contributed by atoms with Crippen molar-refractivity contribution in [3.8, 4) is 0 Å². The third-order valence-corrected chi connectivity index (χ3v) is 7.68. The van der Waals surface area contributed by atoms with Crippen molar-refractivity contribution >= 4 is 33.4 Å². The van der Waals surface area contributed by atoms with Crippen molar-refractivity contribution in [1.29, 1.82) is 0 Å². The minimum atomic E-state index is -3.66. The second kappa shape index (κ2) is 7.39. The van der Waals surface area contributed by atoms with Gasteiger partial charge >= 0.3 is 6.09 Å². The van der Waals surface area contributed by atoms with E-state index < -0.39 is 10.0 Å². The van der Waals surface area contributed by atoms with Gasteiger partial charge in [0.05, 0.1) is 10.7 Å². The molecule has 0 aliphatic carbocycles. The molecule has 8 heteroatoms. The molecule has 4 rings (SSSR count). The summed E-state index contributed by atoms with van der Waals surface area (Å²) in [5.41, 5.74) is 2.94. The summed E-state index contributed by atoms with van der Waals surface area (Å²) < 4.78 is 32.6. The first-order valence-electron chi connectivity index (χ1n) is 9.18. The standard InChI is InChI=1S/C20H21ClN2O4S/c1-14-6-7-18-15(12-14)13-27-20(24)23(18)16-8-10-22(11-9-16)28(25,26)19-5-3-2-4-17(19)21/h2-7,12,16H,8-11,13H2,1H3. The molecule has 28 heavy (non-hydrogen) atoms. The molecule has 0 aromatic heterocycles. The van der Waals surface area contributed by atoms with Crippen LogP contribution in [0, 0.1) is 6.92 Å². The fourth-order valence-corrected chi connectivity index (χ4v) is 5.81. The zero-order valence-corrected chi connectivity index (χ0v) is 17.0. The molecule has 2 aromatic carbocycles. The summed E-state index contributed by atoms with van der Waals surface area (Å²) >= 11 is 6.09. The maximum absolute atomic E-state index is 12.9. The van der Waals surface area contributed by atoms with Gasteiger partial charge in [-0.2, -0.15) is 4.31 Å². The van der Waals surface area contributed by atoms with Gasteiger partial charge in [0.2, 0.25) is 10.0 Å². The van der Waals surface area contributed by atoms with E-state index in [9.17, 15) is 13.2 Å². The molecule has 1 saturated heterocycles. The Morgan fingerprint density at radius 2 is 1.82 bits per heavy atom. The lowest BCUT2D eigenvalue weighted by molar-refractivity contribution is 0.135. The number of cyclic esters (lactones) is 1. The molecule has 0 spiro atoms. The van der Waals surface area contributed by atoms with Crippen LogP contribution in [0.5, 0.6) is 0 Å². The van der Waals surface area contributed by atoms with Crippen molar-refractivity contribution in [2.24, 2.45) is 0 Å². The molecule has 0 radical (unpaired) electrons. The minimum Gasteiger partial charge on any atom is -0.444 e. The van der Waals surface area contributed by atoms with Gasteiger partial charge in [-0.05, 0) is 38.0 Å². The molecule has 0 bridgehead atoms. The Kier molecular flexibility index (Phi) is 5.07. The third-order valence-electron chi connectivity index (χ3n) is 5.29. The first kappa shape index (κ1) is 19.2. The number of halogens is 1. The summed E-state index contributed by atoms with van der Waals surface area (Å²) in [7, 11) is -3.66. The lowest BCUT2D eigenvalue weighted by Gasteiger charge is -2.39. The molecule has 2 aromatic rings. The highest BCUT2D eigenvalue weighted by molar-refractivity contribution is 7.89. The minimum absolute atomic E-state index is 0.105. The van der Waals surface area contributed by atoms with Crippen LogP contribution in [-0.2, 0) is 21.4 Å². The fourth-order valence-electron chi connectivity index (χ4n) is 3.85. The Balaban J connectivity index is 1.54. The number of rotatable bonds is 3. The van der Waals surface area contributed by atoms with Gasteiger partial charge in [-0.1, -0.05) is 41.4 Å². The number of carbonyl (C=O) groups excluding carboxylic acids is 1. The highest BCUT2D eigenvalue weighted by Crippen LogP contribution is 2.34. The smallest absolute Gasteiger partial charge is 0.414 e. The molecule has 2 aliphatic heterocycles. The maximum Gasteiger partial charge on any atom is 0.414 e. The van der Waals surface area contributed by atoms with E-state index in [1.807, 2.05) is 25.1 Å². The number of aryl methyl sites for hydroxylation is 1. The first-order chi connectivity index (χ1) is 13.4. The van der Waals surface area contributed by atoms with Gasteiger partial charge in [0.25, 0.3) is 0 Å². The van der Waals surface area contributed by atoms with Gasteiger partial charge in [0.15, 0.2) is 0 Å². The van der Waals surface area contributed by atoms with Gasteiger partial charge in [-0.15, -0.1) is 0 Å². The summed E-state index contributed by atoms with van der Waals surface area (Å²) in [5.74, 6) is 0. The molecule has 2 heterocycles. The van der Waals surface area contributed by atoms with Crippen molar-refractivity contribution in [2.75, 3.05) is 18.0 Å². The average molecular weight is 421 g/mol. The van der Waals surface area contributed by atoms with E-state index in [0.29, 0.717) is 25.9 Å². The van der Waals surface area contributed by atoms with Gasteiger partial charge in [-0.3, -0.25) is 4.90 Å². The van der Waals surface area contributed by atoms with E-state index in [2.05, 4.69) is 0 Å².